The number of hydrogen-bond donors (Lipinski definition) is 2. The Bertz CT molecular complexity index is 803. The molecule has 2 aromatic carbocycles. The Hall–Kier alpha value is -2.62. The average molecular weight is 326 g/mol. The molecule has 0 saturated heterocycles. The SMILES string of the molecule is Cc1cc(C)c(-c2c(C)cc(C)c(C(=O)O)c2C)c(C)c1C(=O)O. The van der Waals surface area contributed by atoms with E-state index in [0.29, 0.717) is 22.3 Å². The fraction of sp³-hybridized carbons (Fsp3) is 0.300. The minimum absolute atomic E-state index is 0.284. The molecule has 0 bridgehead atoms. The number of carbonyl (C=O) groups is 2. The molecule has 0 spiro atoms. The molecule has 0 fully saturated rings. The Morgan fingerprint density at radius 3 is 1.17 bits per heavy atom. The molecule has 4 heteroatoms. The molecular weight excluding hydrogens is 304 g/mol. The largest absolute Gasteiger partial charge is 0.478 e. The molecule has 0 aliphatic carbocycles. The van der Waals surface area contributed by atoms with Crippen LogP contribution < -0.4 is 0 Å². The van der Waals surface area contributed by atoms with Gasteiger partial charge in [0.1, 0.15) is 0 Å². The highest BCUT2D eigenvalue weighted by atomic mass is 16.4. The molecule has 2 N–H and O–H groups in total. The van der Waals surface area contributed by atoms with Gasteiger partial charge in [-0.2, -0.15) is 0 Å². The second kappa shape index (κ2) is 6.11. The quantitative estimate of drug-likeness (QED) is 0.864. The molecule has 0 radical (unpaired) electrons. The number of carboxylic acids is 2. The molecule has 0 saturated carbocycles. The van der Waals surface area contributed by atoms with Gasteiger partial charge in [0.15, 0.2) is 0 Å². The zero-order valence-electron chi connectivity index (χ0n) is 14.9. The molecule has 4 nitrogen and oxygen atoms in total. The number of aromatic carboxylic acids is 2. The summed E-state index contributed by atoms with van der Waals surface area (Å²) in [5.41, 5.74) is 6.86. The van der Waals surface area contributed by atoms with Crippen molar-refractivity contribution in [1.82, 2.24) is 0 Å². The molecular formula is C20H22O4. The van der Waals surface area contributed by atoms with Crippen LogP contribution in [0.2, 0.25) is 0 Å². The predicted molar refractivity (Wildman–Crippen MR) is 94.2 cm³/mol. The second-order valence-corrected chi connectivity index (χ2v) is 6.38. The van der Waals surface area contributed by atoms with E-state index < -0.39 is 11.9 Å². The van der Waals surface area contributed by atoms with Crippen molar-refractivity contribution < 1.29 is 19.8 Å². The van der Waals surface area contributed by atoms with Crippen LogP contribution in [-0.2, 0) is 0 Å². The minimum atomic E-state index is -0.966. The summed E-state index contributed by atoms with van der Waals surface area (Å²) in [5, 5.41) is 19.1. The van der Waals surface area contributed by atoms with E-state index in [1.165, 1.54) is 0 Å². The third-order valence-electron chi connectivity index (χ3n) is 4.62. The number of benzene rings is 2. The fourth-order valence-corrected chi connectivity index (χ4v) is 3.80. The van der Waals surface area contributed by atoms with Gasteiger partial charge in [-0.15, -0.1) is 0 Å². The van der Waals surface area contributed by atoms with Crippen LogP contribution in [-0.4, -0.2) is 22.2 Å². The first kappa shape index (κ1) is 17.7. The first-order chi connectivity index (χ1) is 11.1. The topological polar surface area (TPSA) is 74.6 Å². The lowest BCUT2D eigenvalue weighted by Gasteiger charge is -2.21. The predicted octanol–water partition coefficient (Wildman–Crippen LogP) is 4.60. The van der Waals surface area contributed by atoms with Gasteiger partial charge in [0.2, 0.25) is 0 Å². The van der Waals surface area contributed by atoms with Crippen molar-refractivity contribution in [2.24, 2.45) is 0 Å². The van der Waals surface area contributed by atoms with Crippen molar-refractivity contribution in [2.45, 2.75) is 41.5 Å². The summed E-state index contributed by atoms with van der Waals surface area (Å²) < 4.78 is 0. The second-order valence-electron chi connectivity index (χ2n) is 6.38. The van der Waals surface area contributed by atoms with Crippen LogP contribution in [0.4, 0.5) is 0 Å². The highest BCUT2D eigenvalue weighted by Crippen LogP contribution is 2.37. The molecule has 126 valence electrons. The molecule has 24 heavy (non-hydrogen) atoms. The van der Waals surface area contributed by atoms with Gasteiger partial charge in [-0.25, -0.2) is 9.59 Å². The average Bonchev–Trinajstić information content (AvgIpc) is 2.40. The first-order valence-electron chi connectivity index (χ1n) is 7.76. The zero-order chi connectivity index (χ0) is 18.3. The van der Waals surface area contributed by atoms with Crippen LogP contribution in [0.15, 0.2) is 12.1 Å². The van der Waals surface area contributed by atoms with Crippen LogP contribution in [0, 0.1) is 41.5 Å². The van der Waals surface area contributed by atoms with Gasteiger partial charge in [0.05, 0.1) is 11.1 Å². The van der Waals surface area contributed by atoms with Crippen molar-refractivity contribution in [2.75, 3.05) is 0 Å². The minimum Gasteiger partial charge on any atom is -0.478 e. The van der Waals surface area contributed by atoms with Gasteiger partial charge in [-0.3, -0.25) is 0 Å². The zero-order valence-corrected chi connectivity index (χ0v) is 14.9. The van der Waals surface area contributed by atoms with E-state index in [9.17, 15) is 19.8 Å². The maximum atomic E-state index is 11.6. The summed E-state index contributed by atoms with van der Waals surface area (Å²) in [5.74, 6) is -1.93. The molecule has 2 rings (SSSR count). The van der Waals surface area contributed by atoms with Crippen LogP contribution in [0.5, 0.6) is 0 Å². The van der Waals surface area contributed by atoms with Gasteiger partial charge in [0, 0.05) is 0 Å². The third kappa shape index (κ3) is 2.68. The lowest BCUT2D eigenvalue weighted by molar-refractivity contribution is 0.0684. The summed E-state index contributed by atoms with van der Waals surface area (Å²) in [6.07, 6.45) is 0. The van der Waals surface area contributed by atoms with E-state index >= 15 is 0 Å². The van der Waals surface area contributed by atoms with Gasteiger partial charge in [-0.1, -0.05) is 12.1 Å². The van der Waals surface area contributed by atoms with Gasteiger partial charge >= 0.3 is 11.9 Å². The molecule has 0 aliphatic heterocycles. The van der Waals surface area contributed by atoms with Crippen LogP contribution >= 0.6 is 0 Å². The third-order valence-corrected chi connectivity index (χ3v) is 4.62. The number of rotatable bonds is 3. The monoisotopic (exact) mass is 326 g/mol. The first-order valence-corrected chi connectivity index (χ1v) is 7.76. The molecule has 0 unspecified atom stereocenters. The van der Waals surface area contributed by atoms with Crippen molar-refractivity contribution in [3.63, 3.8) is 0 Å². The van der Waals surface area contributed by atoms with E-state index in [-0.39, 0.29) is 11.1 Å². The molecule has 0 aliphatic rings. The Labute approximate surface area is 141 Å². The summed E-state index contributed by atoms with van der Waals surface area (Å²) in [6.45, 7) is 11.0. The van der Waals surface area contributed by atoms with E-state index in [4.69, 9.17) is 0 Å². The standard InChI is InChI=1S/C20H22O4/c1-9-7-11(3)17(19(21)22)13(5)15(9)16-10(2)8-12(4)18(14(16)6)20(23)24/h7-8H,1-6H3,(H,21,22)(H,23,24). The number of hydrogen-bond acceptors (Lipinski definition) is 2. The molecule has 0 heterocycles. The lowest BCUT2D eigenvalue weighted by Crippen LogP contribution is -2.09. The van der Waals surface area contributed by atoms with Crippen LogP contribution in [0.3, 0.4) is 0 Å². The van der Waals surface area contributed by atoms with E-state index in [1.807, 2.05) is 26.0 Å². The van der Waals surface area contributed by atoms with Crippen molar-refractivity contribution >= 4 is 11.9 Å². The number of aryl methyl sites for hydroxylation is 4. The normalized spacial score (nSPS) is 10.8. The Kier molecular flexibility index (Phi) is 4.52. The highest BCUT2D eigenvalue weighted by molar-refractivity contribution is 5.98. The van der Waals surface area contributed by atoms with E-state index in [0.717, 1.165) is 22.3 Å². The van der Waals surface area contributed by atoms with Gasteiger partial charge in [0.25, 0.3) is 0 Å². The van der Waals surface area contributed by atoms with Crippen molar-refractivity contribution in [3.05, 3.63) is 56.6 Å². The molecule has 0 aromatic heterocycles. The van der Waals surface area contributed by atoms with Gasteiger partial charge < -0.3 is 10.2 Å². The maximum Gasteiger partial charge on any atom is 0.336 e. The van der Waals surface area contributed by atoms with Gasteiger partial charge in [-0.05, 0) is 86.1 Å². The van der Waals surface area contributed by atoms with Crippen molar-refractivity contribution in [1.29, 1.82) is 0 Å². The molecule has 0 amide bonds. The molecule has 2 aromatic rings. The summed E-state index contributed by atoms with van der Waals surface area (Å²) >= 11 is 0. The van der Waals surface area contributed by atoms with Crippen LogP contribution in [0.1, 0.15) is 54.1 Å². The highest BCUT2D eigenvalue weighted by Gasteiger charge is 2.23. The lowest BCUT2D eigenvalue weighted by atomic mass is 9.83. The number of carboxylic acid groups (broad SMARTS) is 2. The summed E-state index contributed by atoms with van der Waals surface area (Å²) in [4.78, 5) is 23.3. The fourth-order valence-electron chi connectivity index (χ4n) is 3.80. The van der Waals surface area contributed by atoms with Crippen LogP contribution in [0.25, 0.3) is 11.1 Å². The molecule has 0 atom stereocenters. The van der Waals surface area contributed by atoms with E-state index in [1.54, 1.807) is 27.7 Å². The Balaban J connectivity index is 2.98. The Morgan fingerprint density at radius 2 is 0.917 bits per heavy atom. The summed E-state index contributed by atoms with van der Waals surface area (Å²) in [6, 6.07) is 3.70. The van der Waals surface area contributed by atoms with Crippen molar-refractivity contribution in [3.8, 4) is 11.1 Å². The maximum absolute atomic E-state index is 11.6. The van der Waals surface area contributed by atoms with E-state index in [2.05, 4.69) is 0 Å². The smallest absolute Gasteiger partial charge is 0.336 e. The summed E-state index contributed by atoms with van der Waals surface area (Å²) in [7, 11) is 0. The Morgan fingerprint density at radius 1 is 0.625 bits per heavy atom.